The Labute approximate surface area is 216 Å². The van der Waals surface area contributed by atoms with Crippen molar-refractivity contribution in [1.29, 1.82) is 0 Å². The molecular formula is C28H30ClN5O2. The minimum atomic E-state index is 0.139. The van der Waals surface area contributed by atoms with Crippen LogP contribution in [-0.4, -0.2) is 65.3 Å². The normalized spacial score (nSPS) is 17.5. The molecule has 0 atom stereocenters. The molecule has 0 bridgehead atoms. The Morgan fingerprint density at radius 3 is 2.44 bits per heavy atom. The van der Waals surface area contributed by atoms with E-state index in [0.29, 0.717) is 16.7 Å². The van der Waals surface area contributed by atoms with E-state index in [1.54, 1.807) is 0 Å². The van der Waals surface area contributed by atoms with Crippen LogP contribution in [0.5, 0.6) is 6.01 Å². The van der Waals surface area contributed by atoms with Crippen molar-refractivity contribution in [2.45, 2.75) is 25.5 Å². The Hall–Kier alpha value is -3.13. The number of nitrogens with one attached hydrogen (secondary N) is 1. The molecule has 2 aliphatic rings. The number of hydrogen-bond acceptors (Lipinski definition) is 6. The van der Waals surface area contributed by atoms with Crippen molar-refractivity contribution in [3.8, 4) is 17.3 Å². The molecule has 2 aliphatic heterocycles. The van der Waals surface area contributed by atoms with E-state index in [0.717, 1.165) is 75.6 Å². The van der Waals surface area contributed by atoms with Crippen molar-refractivity contribution >= 4 is 28.5 Å². The predicted molar refractivity (Wildman–Crippen MR) is 143 cm³/mol. The van der Waals surface area contributed by atoms with E-state index in [1.807, 2.05) is 6.07 Å². The Morgan fingerprint density at radius 2 is 1.69 bits per heavy atom. The smallest absolute Gasteiger partial charge is 0.296 e. The van der Waals surface area contributed by atoms with Crippen LogP contribution < -0.4 is 9.64 Å². The number of likely N-dealkylation sites (tertiary alicyclic amines) is 1. The molecule has 4 aromatic rings. The first-order valence-electron chi connectivity index (χ1n) is 12.6. The Bertz CT molecular complexity index is 1300. The van der Waals surface area contributed by atoms with Crippen LogP contribution in [0.3, 0.4) is 0 Å². The Balaban J connectivity index is 1.11. The second-order valence-corrected chi connectivity index (χ2v) is 9.86. The predicted octanol–water partition coefficient (Wildman–Crippen LogP) is 5.16. The van der Waals surface area contributed by atoms with E-state index < -0.39 is 0 Å². The van der Waals surface area contributed by atoms with Crippen molar-refractivity contribution in [1.82, 2.24) is 19.9 Å². The molecule has 0 unspecified atom stereocenters. The first kappa shape index (κ1) is 23.3. The van der Waals surface area contributed by atoms with Gasteiger partial charge >= 0.3 is 0 Å². The summed E-state index contributed by atoms with van der Waals surface area (Å²) >= 11 is 6.63. The zero-order valence-electron chi connectivity index (χ0n) is 20.2. The standard InChI is InChI=1S/C28H30ClN5O2/c29-24-18-25-27(31-26(24)21-6-8-22(9-7-21)34-14-16-35-17-15-34)32-28(30-25)36-23-10-12-33(13-11-23)19-20-4-2-1-3-5-20/h1-9,18,23H,10-17,19H2,(H,30,31,32). The zero-order valence-corrected chi connectivity index (χ0v) is 21.0. The summed E-state index contributed by atoms with van der Waals surface area (Å²) in [4.78, 5) is 17.5. The second kappa shape index (κ2) is 10.5. The summed E-state index contributed by atoms with van der Waals surface area (Å²) in [5, 5.41) is 0.589. The number of imidazole rings is 1. The van der Waals surface area contributed by atoms with Gasteiger partial charge in [0.15, 0.2) is 5.65 Å². The van der Waals surface area contributed by atoms with Gasteiger partial charge in [-0.25, -0.2) is 4.98 Å². The summed E-state index contributed by atoms with van der Waals surface area (Å²) < 4.78 is 11.7. The molecule has 0 aliphatic carbocycles. The van der Waals surface area contributed by atoms with Crippen LogP contribution >= 0.6 is 11.6 Å². The van der Waals surface area contributed by atoms with E-state index in [-0.39, 0.29) is 6.10 Å². The fourth-order valence-corrected chi connectivity index (χ4v) is 5.25. The van der Waals surface area contributed by atoms with Gasteiger partial charge in [0.2, 0.25) is 0 Å². The largest absolute Gasteiger partial charge is 0.461 e. The third-order valence-electron chi connectivity index (χ3n) is 6.98. The minimum Gasteiger partial charge on any atom is -0.461 e. The van der Waals surface area contributed by atoms with Gasteiger partial charge < -0.3 is 19.4 Å². The molecule has 1 N–H and O–H groups in total. The number of nitrogens with zero attached hydrogens (tertiary/aromatic N) is 4. The topological polar surface area (TPSA) is 66.5 Å². The van der Waals surface area contributed by atoms with Crippen LogP contribution in [0.1, 0.15) is 18.4 Å². The Kier molecular flexibility index (Phi) is 6.77. The van der Waals surface area contributed by atoms with Crippen molar-refractivity contribution in [2.75, 3.05) is 44.3 Å². The summed E-state index contributed by atoms with van der Waals surface area (Å²) in [6.07, 6.45) is 2.08. The van der Waals surface area contributed by atoms with Gasteiger partial charge in [0.25, 0.3) is 6.01 Å². The molecule has 186 valence electrons. The molecule has 0 amide bonds. The number of morpholine rings is 1. The van der Waals surface area contributed by atoms with Gasteiger partial charge in [-0.1, -0.05) is 54.1 Å². The zero-order chi connectivity index (χ0) is 24.3. The highest BCUT2D eigenvalue weighted by Gasteiger charge is 2.22. The summed E-state index contributed by atoms with van der Waals surface area (Å²) in [7, 11) is 0. The molecule has 2 aromatic heterocycles. The van der Waals surface area contributed by atoms with Gasteiger partial charge in [0, 0.05) is 44.0 Å². The Morgan fingerprint density at radius 1 is 0.944 bits per heavy atom. The fraction of sp³-hybridized carbons (Fsp3) is 0.357. The van der Waals surface area contributed by atoms with Crippen molar-refractivity contribution < 1.29 is 9.47 Å². The summed E-state index contributed by atoms with van der Waals surface area (Å²) in [5.41, 5.74) is 5.63. The van der Waals surface area contributed by atoms with Crippen LogP contribution in [0, 0.1) is 0 Å². The van der Waals surface area contributed by atoms with Crippen LogP contribution in [-0.2, 0) is 11.3 Å². The van der Waals surface area contributed by atoms with E-state index >= 15 is 0 Å². The SMILES string of the molecule is Clc1cc2[nH]c(OC3CCN(Cc4ccccc4)CC3)nc2nc1-c1ccc(N2CCOCC2)cc1. The molecule has 0 spiro atoms. The second-order valence-electron chi connectivity index (χ2n) is 9.46. The maximum atomic E-state index is 6.63. The van der Waals surface area contributed by atoms with E-state index in [4.69, 9.17) is 26.1 Å². The van der Waals surface area contributed by atoms with Crippen LogP contribution in [0.4, 0.5) is 5.69 Å². The summed E-state index contributed by atoms with van der Waals surface area (Å²) in [5.74, 6) is 0. The van der Waals surface area contributed by atoms with E-state index in [9.17, 15) is 0 Å². The lowest BCUT2D eigenvalue weighted by Crippen LogP contribution is -2.37. The molecule has 2 saturated heterocycles. The average molecular weight is 504 g/mol. The van der Waals surface area contributed by atoms with Gasteiger partial charge in [-0.2, -0.15) is 4.98 Å². The van der Waals surface area contributed by atoms with E-state index in [2.05, 4.69) is 74.4 Å². The van der Waals surface area contributed by atoms with Gasteiger partial charge in [0.05, 0.1) is 29.4 Å². The van der Waals surface area contributed by atoms with Crippen molar-refractivity contribution in [2.24, 2.45) is 0 Å². The number of pyridine rings is 1. The van der Waals surface area contributed by atoms with Crippen molar-refractivity contribution in [3.05, 3.63) is 71.2 Å². The number of ether oxygens (including phenoxy) is 2. The lowest BCUT2D eigenvalue weighted by atomic mass is 10.1. The number of aromatic nitrogens is 3. The molecule has 36 heavy (non-hydrogen) atoms. The van der Waals surface area contributed by atoms with Crippen LogP contribution in [0.2, 0.25) is 5.02 Å². The quantitative estimate of drug-likeness (QED) is 0.392. The highest BCUT2D eigenvalue weighted by Crippen LogP contribution is 2.31. The number of benzene rings is 2. The molecule has 0 radical (unpaired) electrons. The molecule has 8 heteroatoms. The fourth-order valence-electron chi connectivity index (χ4n) is 4.99. The number of rotatable bonds is 6. The lowest BCUT2D eigenvalue weighted by molar-refractivity contribution is 0.0903. The number of hydrogen-bond donors (Lipinski definition) is 1. The summed E-state index contributed by atoms with van der Waals surface area (Å²) in [6.45, 7) is 6.35. The monoisotopic (exact) mass is 503 g/mol. The molecule has 2 fully saturated rings. The highest BCUT2D eigenvalue weighted by atomic mass is 35.5. The molecule has 2 aromatic carbocycles. The summed E-state index contributed by atoms with van der Waals surface area (Å²) in [6, 6.07) is 21.4. The maximum absolute atomic E-state index is 6.63. The molecular weight excluding hydrogens is 474 g/mol. The minimum absolute atomic E-state index is 0.139. The third-order valence-corrected chi connectivity index (χ3v) is 7.27. The number of anilines is 1. The first-order chi connectivity index (χ1) is 17.7. The molecule has 4 heterocycles. The van der Waals surface area contributed by atoms with Crippen LogP contribution in [0.15, 0.2) is 60.7 Å². The number of halogens is 1. The molecule has 0 saturated carbocycles. The number of aromatic amines is 1. The van der Waals surface area contributed by atoms with E-state index in [1.165, 1.54) is 11.3 Å². The maximum Gasteiger partial charge on any atom is 0.296 e. The highest BCUT2D eigenvalue weighted by molar-refractivity contribution is 6.33. The van der Waals surface area contributed by atoms with Gasteiger partial charge in [-0.15, -0.1) is 0 Å². The van der Waals surface area contributed by atoms with Crippen LogP contribution in [0.25, 0.3) is 22.4 Å². The first-order valence-corrected chi connectivity index (χ1v) is 13.0. The number of fused-ring (bicyclic) bond motifs is 1. The molecule has 6 rings (SSSR count). The van der Waals surface area contributed by atoms with Gasteiger partial charge in [-0.05, 0) is 36.6 Å². The average Bonchev–Trinajstić information content (AvgIpc) is 3.31. The number of H-pyrrole nitrogens is 1. The van der Waals surface area contributed by atoms with Gasteiger partial charge in [0.1, 0.15) is 6.10 Å². The molecule has 7 nitrogen and oxygen atoms in total. The number of piperidine rings is 1. The third kappa shape index (κ3) is 5.19. The van der Waals surface area contributed by atoms with Gasteiger partial charge in [-0.3, -0.25) is 4.90 Å². The lowest BCUT2D eigenvalue weighted by Gasteiger charge is -2.31. The van der Waals surface area contributed by atoms with Crippen molar-refractivity contribution in [3.63, 3.8) is 0 Å².